The molecule has 0 spiro atoms. The van der Waals surface area contributed by atoms with Crippen LogP contribution in [0.25, 0.3) is 0 Å². The summed E-state index contributed by atoms with van der Waals surface area (Å²) >= 11 is 11.8. The van der Waals surface area contributed by atoms with Gasteiger partial charge in [-0.3, -0.25) is 4.79 Å². The lowest BCUT2D eigenvalue weighted by Crippen LogP contribution is -2.32. The molecule has 0 aliphatic carbocycles. The molecule has 0 radical (unpaired) electrons. The molecule has 0 saturated heterocycles. The number of amides is 1. The van der Waals surface area contributed by atoms with E-state index in [2.05, 4.69) is 5.32 Å². The van der Waals surface area contributed by atoms with Gasteiger partial charge in [0.15, 0.2) is 12.7 Å². The van der Waals surface area contributed by atoms with Gasteiger partial charge in [0.1, 0.15) is 5.75 Å². The van der Waals surface area contributed by atoms with Gasteiger partial charge in [-0.25, -0.2) is 4.79 Å². The maximum Gasteiger partial charge on any atom is 0.344 e. The van der Waals surface area contributed by atoms with Crippen LogP contribution in [0.1, 0.15) is 23.6 Å². The van der Waals surface area contributed by atoms with Gasteiger partial charge in [0.05, 0.1) is 5.02 Å². The second-order valence-corrected chi connectivity index (χ2v) is 7.10. The summed E-state index contributed by atoms with van der Waals surface area (Å²) in [6, 6.07) is 8.60. The Labute approximate surface area is 168 Å². The molecule has 2 rings (SSSR count). The fourth-order valence-corrected chi connectivity index (χ4v) is 3.08. The molecule has 0 saturated carbocycles. The first-order chi connectivity index (χ1) is 12.7. The van der Waals surface area contributed by atoms with E-state index in [1.807, 2.05) is 32.9 Å². The number of carbonyl (C=O) groups excluding carboxylic acids is 2. The lowest BCUT2D eigenvalue weighted by atomic mass is 10.0. The maximum absolute atomic E-state index is 12.3. The maximum atomic E-state index is 12.3. The van der Waals surface area contributed by atoms with E-state index in [1.165, 1.54) is 13.0 Å². The highest BCUT2D eigenvalue weighted by Gasteiger charge is 2.20. The molecule has 1 N–H and O–H groups in total. The van der Waals surface area contributed by atoms with Crippen LogP contribution in [0, 0.1) is 20.8 Å². The Kier molecular flexibility index (Phi) is 7.11. The monoisotopic (exact) mass is 409 g/mol. The van der Waals surface area contributed by atoms with Crippen LogP contribution in [-0.2, 0) is 14.3 Å². The fraction of sp³-hybridized carbons (Fsp3) is 0.300. The number of rotatable bonds is 6. The van der Waals surface area contributed by atoms with Crippen molar-refractivity contribution >= 4 is 40.8 Å². The molecule has 144 valence electrons. The third-order valence-corrected chi connectivity index (χ3v) is 4.37. The van der Waals surface area contributed by atoms with Gasteiger partial charge in [0, 0.05) is 10.7 Å². The van der Waals surface area contributed by atoms with E-state index in [4.69, 9.17) is 32.7 Å². The van der Waals surface area contributed by atoms with E-state index in [9.17, 15) is 9.59 Å². The number of halogens is 2. The standard InChI is InChI=1S/C20H21Cl2NO4/c1-11-7-12(2)19(13(3)8-11)23-20(25)14(4)27-18(24)10-26-17-6-5-15(21)9-16(17)22/h5-9,14H,10H2,1-4H3,(H,23,25). The van der Waals surface area contributed by atoms with Crippen molar-refractivity contribution in [2.75, 3.05) is 11.9 Å². The molecule has 1 atom stereocenters. The van der Waals surface area contributed by atoms with Crippen molar-refractivity contribution in [3.8, 4) is 5.75 Å². The molecule has 5 nitrogen and oxygen atoms in total. The number of ether oxygens (including phenoxy) is 2. The largest absolute Gasteiger partial charge is 0.480 e. The first-order valence-electron chi connectivity index (χ1n) is 8.33. The number of anilines is 1. The fourth-order valence-electron chi connectivity index (χ4n) is 2.62. The number of esters is 1. The highest BCUT2D eigenvalue weighted by molar-refractivity contribution is 6.35. The Hall–Kier alpha value is -2.24. The molecule has 1 amide bonds. The number of carbonyl (C=O) groups is 2. The predicted molar refractivity (Wildman–Crippen MR) is 107 cm³/mol. The Balaban J connectivity index is 1.91. The summed E-state index contributed by atoms with van der Waals surface area (Å²) in [5.41, 5.74) is 3.72. The normalized spacial score (nSPS) is 11.6. The van der Waals surface area contributed by atoms with Crippen LogP contribution in [-0.4, -0.2) is 24.6 Å². The van der Waals surface area contributed by atoms with Gasteiger partial charge in [0.25, 0.3) is 5.91 Å². The van der Waals surface area contributed by atoms with E-state index in [1.54, 1.807) is 12.1 Å². The zero-order valence-electron chi connectivity index (χ0n) is 15.6. The van der Waals surface area contributed by atoms with Crippen molar-refractivity contribution in [1.29, 1.82) is 0 Å². The Morgan fingerprint density at radius 1 is 1.07 bits per heavy atom. The van der Waals surface area contributed by atoms with Crippen LogP contribution in [0.2, 0.25) is 10.0 Å². The topological polar surface area (TPSA) is 64.6 Å². The van der Waals surface area contributed by atoms with Gasteiger partial charge < -0.3 is 14.8 Å². The molecule has 0 heterocycles. The summed E-state index contributed by atoms with van der Waals surface area (Å²) < 4.78 is 10.4. The van der Waals surface area contributed by atoms with Crippen LogP contribution >= 0.6 is 23.2 Å². The zero-order valence-corrected chi connectivity index (χ0v) is 17.1. The average Bonchev–Trinajstić information content (AvgIpc) is 2.57. The van der Waals surface area contributed by atoms with Crippen molar-refractivity contribution in [1.82, 2.24) is 0 Å². The lowest BCUT2D eigenvalue weighted by molar-refractivity contribution is -0.155. The molecule has 1 unspecified atom stereocenters. The minimum Gasteiger partial charge on any atom is -0.480 e. The van der Waals surface area contributed by atoms with Gasteiger partial charge in [-0.15, -0.1) is 0 Å². The van der Waals surface area contributed by atoms with Crippen LogP contribution < -0.4 is 10.1 Å². The van der Waals surface area contributed by atoms with Crippen LogP contribution in [0.15, 0.2) is 30.3 Å². The molecule has 0 aromatic heterocycles. The van der Waals surface area contributed by atoms with Gasteiger partial charge >= 0.3 is 5.97 Å². The number of nitrogens with one attached hydrogen (secondary N) is 1. The van der Waals surface area contributed by atoms with Gasteiger partial charge in [0.2, 0.25) is 0 Å². The summed E-state index contributed by atoms with van der Waals surface area (Å²) in [5, 5.41) is 3.55. The Morgan fingerprint density at radius 3 is 2.30 bits per heavy atom. The van der Waals surface area contributed by atoms with Crippen LogP contribution in [0.4, 0.5) is 5.69 Å². The molecule has 0 aliphatic heterocycles. The van der Waals surface area contributed by atoms with E-state index in [-0.39, 0.29) is 11.6 Å². The highest BCUT2D eigenvalue weighted by atomic mass is 35.5. The van der Waals surface area contributed by atoms with E-state index >= 15 is 0 Å². The molecular formula is C20H21Cl2NO4. The molecule has 2 aromatic carbocycles. The van der Waals surface area contributed by atoms with Crippen LogP contribution in [0.5, 0.6) is 5.75 Å². The number of hydrogen-bond acceptors (Lipinski definition) is 4. The minimum absolute atomic E-state index is 0.284. The van der Waals surface area contributed by atoms with E-state index in [0.717, 1.165) is 22.4 Å². The van der Waals surface area contributed by atoms with Gasteiger partial charge in [-0.05, 0) is 57.0 Å². The van der Waals surface area contributed by atoms with Crippen molar-refractivity contribution < 1.29 is 19.1 Å². The molecular weight excluding hydrogens is 389 g/mol. The molecule has 0 aliphatic rings. The molecule has 2 aromatic rings. The quantitative estimate of drug-likeness (QED) is 0.691. The summed E-state index contributed by atoms with van der Waals surface area (Å²) in [6.07, 6.45) is -0.970. The van der Waals surface area contributed by atoms with Crippen molar-refractivity contribution in [3.63, 3.8) is 0 Å². The van der Waals surface area contributed by atoms with Crippen molar-refractivity contribution in [2.45, 2.75) is 33.8 Å². The highest BCUT2D eigenvalue weighted by Crippen LogP contribution is 2.27. The van der Waals surface area contributed by atoms with E-state index in [0.29, 0.717) is 10.8 Å². The number of benzene rings is 2. The smallest absolute Gasteiger partial charge is 0.344 e. The van der Waals surface area contributed by atoms with Crippen molar-refractivity contribution in [2.24, 2.45) is 0 Å². The summed E-state index contributed by atoms with van der Waals surface area (Å²) in [4.78, 5) is 24.3. The van der Waals surface area contributed by atoms with Crippen molar-refractivity contribution in [3.05, 3.63) is 57.1 Å². The third kappa shape index (κ3) is 5.88. The third-order valence-electron chi connectivity index (χ3n) is 3.84. The SMILES string of the molecule is Cc1cc(C)c(NC(=O)C(C)OC(=O)COc2ccc(Cl)cc2Cl)c(C)c1. The zero-order chi connectivity index (χ0) is 20.1. The predicted octanol–water partition coefficient (Wildman–Crippen LogP) is 4.87. The first-order valence-corrected chi connectivity index (χ1v) is 9.09. The first kappa shape index (κ1) is 21.1. The van der Waals surface area contributed by atoms with Gasteiger partial charge in [-0.1, -0.05) is 40.9 Å². The van der Waals surface area contributed by atoms with Crippen LogP contribution in [0.3, 0.4) is 0 Å². The number of hydrogen-bond donors (Lipinski definition) is 1. The summed E-state index contributed by atoms with van der Waals surface area (Å²) in [5.74, 6) is -0.787. The molecule has 0 bridgehead atoms. The van der Waals surface area contributed by atoms with E-state index < -0.39 is 18.0 Å². The lowest BCUT2D eigenvalue weighted by Gasteiger charge is -2.17. The summed E-state index contributed by atoms with van der Waals surface area (Å²) in [7, 11) is 0. The summed E-state index contributed by atoms with van der Waals surface area (Å²) in [6.45, 7) is 6.94. The molecule has 0 fully saturated rings. The molecule has 27 heavy (non-hydrogen) atoms. The Bertz CT molecular complexity index is 844. The van der Waals surface area contributed by atoms with Gasteiger partial charge in [-0.2, -0.15) is 0 Å². The minimum atomic E-state index is -0.970. The molecule has 7 heteroatoms. The average molecular weight is 410 g/mol. The second kappa shape index (κ2) is 9.11. The Morgan fingerprint density at radius 2 is 1.70 bits per heavy atom. The number of aryl methyl sites for hydroxylation is 3. The second-order valence-electron chi connectivity index (χ2n) is 6.26.